The number of nitrogens with one attached hydrogen (secondary N) is 1. The Balaban J connectivity index is 1.42. The summed E-state index contributed by atoms with van der Waals surface area (Å²) in [6.45, 7) is 0.559. The number of nitrogens with zero attached hydrogens (tertiary/aromatic N) is 2. The van der Waals surface area contributed by atoms with Crippen molar-refractivity contribution >= 4 is 17.2 Å². The Hall–Kier alpha value is -2.67. The number of hydrogen-bond donors (Lipinski definition) is 1. The molecule has 2 aromatic heterocycles. The summed E-state index contributed by atoms with van der Waals surface area (Å²) >= 11 is 1.55. The van der Waals surface area contributed by atoms with E-state index in [4.69, 9.17) is 9.26 Å². The maximum Gasteiger partial charge on any atom is 0.227 e. The maximum atomic E-state index is 12.0. The number of hydrogen-bond acceptors (Lipinski definition) is 6. The number of ether oxygens (including phenoxy) is 1. The number of amides is 1. The normalized spacial score (nSPS) is 10.6. The molecule has 0 aliphatic heterocycles. The summed E-state index contributed by atoms with van der Waals surface area (Å²) in [5, 5.41) is 8.80. The Kier molecular flexibility index (Phi) is 5.79. The molecule has 0 saturated carbocycles. The molecule has 0 fully saturated rings. The van der Waals surface area contributed by atoms with Crippen LogP contribution in [0.2, 0.25) is 0 Å². The van der Waals surface area contributed by atoms with Crippen molar-refractivity contribution in [2.75, 3.05) is 13.7 Å². The third kappa shape index (κ3) is 4.67. The van der Waals surface area contributed by atoms with Gasteiger partial charge < -0.3 is 14.6 Å². The summed E-state index contributed by atoms with van der Waals surface area (Å²) in [7, 11) is 1.65. The summed E-state index contributed by atoms with van der Waals surface area (Å²) in [6, 6.07) is 11.7. The first-order valence-electron chi connectivity index (χ1n) is 8.01. The Bertz CT molecular complexity index is 815. The zero-order valence-electron chi connectivity index (χ0n) is 13.9. The van der Waals surface area contributed by atoms with E-state index in [0.717, 1.165) is 22.6 Å². The van der Waals surface area contributed by atoms with Crippen LogP contribution >= 0.6 is 11.3 Å². The van der Waals surface area contributed by atoms with Gasteiger partial charge in [0.1, 0.15) is 5.75 Å². The molecule has 1 amide bonds. The standard InChI is InChI=1S/C18H19N3O3S/c1-23-14-6-3-2-5-13(14)10-11-19-16(22)8-9-17-20-18(21-24-17)15-7-4-12-25-15/h2-7,12H,8-11H2,1H3,(H,19,22). The molecular weight excluding hydrogens is 338 g/mol. The van der Waals surface area contributed by atoms with Gasteiger partial charge in [0.15, 0.2) is 0 Å². The van der Waals surface area contributed by atoms with Gasteiger partial charge in [-0.15, -0.1) is 11.3 Å². The first-order valence-corrected chi connectivity index (χ1v) is 8.89. The highest BCUT2D eigenvalue weighted by Crippen LogP contribution is 2.21. The molecule has 0 bridgehead atoms. The number of benzene rings is 1. The number of carbonyl (C=O) groups excluding carboxylic acids is 1. The lowest BCUT2D eigenvalue weighted by molar-refractivity contribution is -0.121. The first kappa shape index (κ1) is 17.2. The highest BCUT2D eigenvalue weighted by Gasteiger charge is 2.11. The van der Waals surface area contributed by atoms with E-state index in [9.17, 15) is 4.79 Å². The lowest BCUT2D eigenvalue weighted by atomic mass is 10.1. The number of methoxy groups -OCH3 is 1. The van der Waals surface area contributed by atoms with E-state index in [1.807, 2.05) is 41.8 Å². The number of carbonyl (C=O) groups is 1. The van der Waals surface area contributed by atoms with Crippen LogP contribution in [0.1, 0.15) is 17.9 Å². The molecule has 6 nitrogen and oxygen atoms in total. The smallest absolute Gasteiger partial charge is 0.227 e. The molecule has 7 heteroatoms. The Labute approximate surface area is 149 Å². The largest absolute Gasteiger partial charge is 0.496 e. The fourth-order valence-electron chi connectivity index (χ4n) is 2.42. The van der Waals surface area contributed by atoms with Crippen molar-refractivity contribution in [1.29, 1.82) is 0 Å². The highest BCUT2D eigenvalue weighted by molar-refractivity contribution is 7.13. The zero-order valence-corrected chi connectivity index (χ0v) is 14.7. The Morgan fingerprint density at radius 1 is 1.24 bits per heavy atom. The van der Waals surface area contributed by atoms with Crippen molar-refractivity contribution < 1.29 is 14.1 Å². The SMILES string of the molecule is COc1ccccc1CCNC(=O)CCc1nc(-c2cccs2)no1. The molecular formula is C18H19N3O3S. The van der Waals surface area contributed by atoms with E-state index < -0.39 is 0 Å². The minimum atomic E-state index is -0.0363. The van der Waals surface area contributed by atoms with Crippen molar-refractivity contribution in [3.63, 3.8) is 0 Å². The summed E-state index contributed by atoms with van der Waals surface area (Å²) in [5.74, 6) is 1.85. The average molecular weight is 357 g/mol. The van der Waals surface area contributed by atoms with E-state index >= 15 is 0 Å². The molecule has 1 aromatic carbocycles. The van der Waals surface area contributed by atoms with Gasteiger partial charge in [-0.1, -0.05) is 29.4 Å². The summed E-state index contributed by atoms with van der Waals surface area (Å²) in [5.41, 5.74) is 1.07. The molecule has 0 saturated heterocycles. The summed E-state index contributed by atoms with van der Waals surface area (Å²) in [4.78, 5) is 17.2. The van der Waals surface area contributed by atoms with E-state index in [1.165, 1.54) is 0 Å². The van der Waals surface area contributed by atoms with Gasteiger partial charge in [-0.3, -0.25) is 4.79 Å². The fraction of sp³-hybridized carbons (Fsp3) is 0.278. The third-order valence-corrected chi connectivity index (χ3v) is 4.55. The quantitative estimate of drug-likeness (QED) is 0.670. The van der Waals surface area contributed by atoms with Gasteiger partial charge in [0.25, 0.3) is 0 Å². The molecule has 0 spiro atoms. The Morgan fingerprint density at radius 2 is 2.12 bits per heavy atom. The molecule has 0 aliphatic rings. The number of rotatable bonds is 8. The first-order chi connectivity index (χ1) is 12.3. The van der Waals surface area contributed by atoms with Gasteiger partial charge in [0.05, 0.1) is 12.0 Å². The van der Waals surface area contributed by atoms with Gasteiger partial charge in [-0.2, -0.15) is 4.98 Å². The van der Waals surface area contributed by atoms with Gasteiger partial charge in [-0.05, 0) is 29.5 Å². The molecule has 2 heterocycles. The minimum Gasteiger partial charge on any atom is -0.496 e. The molecule has 3 aromatic rings. The molecule has 25 heavy (non-hydrogen) atoms. The van der Waals surface area contributed by atoms with Gasteiger partial charge in [-0.25, -0.2) is 0 Å². The lowest BCUT2D eigenvalue weighted by Gasteiger charge is -2.08. The molecule has 0 radical (unpaired) electrons. The van der Waals surface area contributed by atoms with Crippen LogP contribution < -0.4 is 10.1 Å². The second kappa shape index (κ2) is 8.43. The van der Waals surface area contributed by atoms with Gasteiger partial charge in [0.2, 0.25) is 17.6 Å². The average Bonchev–Trinajstić information content (AvgIpc) is 3.32. The van der Waals surface area contributed by atoms with Gasteiger partial charge in [0, 0.05) is 19.4 Å². The lowest BCUT2D eigenvalue weighted by Crippen LogP contribution is -2.26. The van der Waals surface area contributed by atoms with Crippen LogP contribution in [-0.2, 0) is 17.6 Å². The molecule has 0 aliphatic carbocycles. The van der Waals surface area contributed by atoms with Crippen LogP contribution in [0.15, 0.2) is 46.3 Å². The van der Waals surface area contributed by atoms with Crippen molar-refractivity contribution in [2.45, 2.75) is 19.3 Å². The van der Waals surface area contributed by atoms with Crippen LogP contribution in [0.4, 0.5) is 0 Å². The minimum absolute atomic E-state index is 0.0363. The summed E-state index contributed by atoms with van der Waals surface area (Å²) in [6.07, 6.45) is 1.47. The summed E-state index contributed by atoms with van der Waals surface area (Å²) < 4.78 is 10.5. The maximum absolute atomic E-state index is 12.0. The second-order valence-electron chi connectivity index (χ2n) is 5.40. The van der Waals surface area contributed by atoms with Crippen molar-refractivity contribution in [2.24, 2.45) is 0 Å². The van der Waals surface area contributed by atoms with Crippen LogP contribution in [0.3, 0.4) is 0 Å². The fourth-order valence-corrected chi connectivity index (χ4v) is 3.07. The molecule has 0 unspecified atom stereocenters. The van der Waals surface area contributed by atoms with Crippen LogP contribution in [0.25, 0.3) is 10.7 Å². The number of aryl methyl sites for hydroxylation is 1. The topological polar surface area (TPSA) is 77.2 Å². The number of aromatic nitrogens is 2. The van der Waals surface area contributed by atoms with Crippen LogP contribution in [-0.4, -0.2) is 29.7 Å². The molecule has 0 atom stereocenters. The van der Waals surface area contributed by atoms with Crippen LogP contribution in [0.5, 0.6) is 5.75 Å². The monoisotopic (exact) mass is 357 g/mol. The predicted octanol–water partition coefficient (Wildman–Crippen LogP) is 3.10. The number of thiophene rings is 1. The van der Waals surface area contributed by atoms with Crippen molar-refractivity contribution in [3.8, 4) is 16.5 Å². The van der Waals surface area contributed by atoms with E-state index in [1.54, 1.807) is 18.4 Å². The van der Waals surface area contributed by atoms with Crippen LogP contribution in [0, 0.1) is 0 Å². The van der Waals surface area contributed by atoms with Crippen molar-refractivity contribution in [3.05, 3.63) is 53.2 Å². The third-order valence-electron chi connectivity index (χ3n) is 3.68. The Morgan fingerprint density at radius 3 is 2.92 bits per heavy atom. The second-order valence-corrected chi connectivity index (χ2v) is 6.35. The number of para-hydroxylation sites is 1. The van der Waals surface area contributed by atoms with E-state index in [-0.39, 0.29) is 5.91 Å². The van der Waals surface area contributed by atoms with E-state index in [2.05, 4.69) is 15.5 Å². The zero-order chi connectivity index (χ0) is 17.5. The predicted molar refractivity (Wildman–Crippen MR) is 95.6 cm³/mol. The van der Waals surface area contributed by atoms with Gasteiger partial charge >= 0.3 is 0 Å². The molecule has 130 valence electrons. The highest BCUT2D eigenvalue weighted by atomic mass is 32.1. The van der Waals surface area contributed by atoms with Crippen molar-refractivity contribution in [1.82, 2.24) is 15.5 Å². The molecule has 1 N–H and O–H groups in total. The van der Waals surface area contributed by atoms with E-state index in [0.29, 0.717) is 31.1 Å². The molecule has 3 rings (SSSR count).